The van der Waals surface area contributed by atoms with Crippen molar-refractivity contribution in [3.05, 3.63) is 59.3 Å². The molecule has 0 spiro atoms. The van der Waals surface area contributed by atoms with Crippen LogP contribution in [0.15, 0.2) is 46.0 Å². The van der Waals surface area contributed by atoms with Gasteiger partial charge < -0.3 is 20.4 Å². The van der Waals surface area contributed by atoms with Crippen LogP contribution in [0.5, 0.6) is 0 Å². The van der Waals surface area contributed by atoms with Crippen LogP contribution in [0, 0.1) is 12.7 Å². The van der Waals surface area contributed by atoms with E-state index < -0.39 is 0 Å². The Bertz CT molecular complexity index is 764. The Hall–Kier alpha value is -2.10. The standard InChI is InChI=1S/C20H27FN4O2.HI/c1-3-22-20(25-13-9-16-7-4-5-8-17(16)21)24-12-6-11-23-19(26)18-15(2)10-14-27-18;/h4-5,7-8,10,14H,3,6,9,11-13H2,1-2H3,(H,23,26)(H2,22,24,25);1H. The van der Waals surface area contributed by atoms with E-state index in [9.17, 15) is 9.18 Å². The molecule has 154 valence electrons. The SMILES string of the molecule is CCNC(=NCCCNC(=O)c1occc1C)NCCc1ccccc1F.I. The van der Waals surface area contributed by atoms with Crippen LogP contribution in [0.2, 0.25) is 0 Å². The molecule has 6 nitrogen and oxygen atoms in total. The first-order valence-electron chi connectivity index (χ1n) is 9.19. The van der Waals surface area contributed by atoms with Gasteiger partial charge in [0.05, 0.1) is 6.26 Å². The third-order valence-electron chi connectivity index (χ3n) is 3.95. The first kappa shape index (κ1) is 23.9. The normalized spacial score (nSPS) is 10.9. The van der Waals surface area contributed by atoms with Crippen molar-refractivity contribution in [2.45, 2.75) is 26.7 Å². The van der Waals surface area contributed by atoms with Crippen molar-refractivity contribution in [2.24, 2.45) is 4.99 Å². The lowest BCUT2D eigenvalue weighted by atomic mass is 10.1. The lowest BCUT2D eigenvalue weighted by molar-refractivity contribution is 0.0925. The molecule has 8 heteroatoms. The number of hydrogen-bond donors (Lipinski definition) is 3. The molecular formula is C20H28FIN4O2. The molecule has 1 amide bonds. The molecule has 0 aliphatic heterocycles. The van der Waals surface area contributed by atoms with Crippen LogP contribution < -0.4 is 16.0 Å². The van der Waals surface area contributed by atoms with Gasteiger partial charge in [0.15, 0.2) is 11.7 Å². The second-order valence-electron chi connectivity index (χ2n) is 6.07. The molecular weight excluding hydrogens is 474 g/mol. The minimum absolute atomic E-state index is 0. The second-order valence-corrected chi connectivity index (χ2v) is 6.07. The van der Waals surface area contributed by atoms with E-state index in [2.05, 4.69) is 20.9 Å². The average Bonchev–Trinajstić information content (AvgIpc) is 3.09. The van der Waals surface area contributed by atoms with Crippen molar-refractivity contribution in [3.63, 3.8) is 0 Å². The summed E-state index contributed by atoms with van der Waals surface area (Å²) in [4.78, 5) is 16.4. The van der Waals surface area contributed by atoms with Crippen molar-refractivity contribution >= 4 is 35.8 Å². The number of nitrogens with zero attached hydrogens (tertiary/aromatic N) is 1. The highest BCUT2D eigenvalue weighted by Crippen LogP contribution is 2.08. The largest absolute Gasteiger partial charge is 0.459 e. The van der Waals surface area contributed by atoms with E-state index in [1.807, 2.05) is 19.9 Å². The van der Waals surface area contributed by atoms with Crippen LogP contribution in [-0.4, -0.2) is 38.0 Å². The quantitative estimate of drug-likeness (QED) is 0.213. The van der Waals surface area contributed by atoms with Gasteiger partial charge in [-0.1, -0.05) is 18.2 Å². The number of rotatable bonds is 9. The number of hydrogen-bond acceptors (Lipinski definition) is 3. The molecule has 0 aliphatic rings. The van der Waals surface area contributed by atoms with Crippen LogP contribution in [0.3, 0.4) is 0 Å². The van der Waals surface area contributed by atoms with Gasteiger partial charge in [-0.15, -0.1) is 24.0 Å². The highest BCUT2D eigenvalue weighted by atomic mass is 127. The summed E-state index contributed by atoms with van der Waals surface area (Å²) in [6, 6.07) is 8.52. The molecule has 2 aromatic rings. The number of furan rings is 1. The molecule has 0 bridgehead atoms. The number of nitrogens with one attached hydrogen (secondary N) is 3. The Morgan fingerprint density at radius 2 is 1.93 bits per heavy atom. The molecule has 0 atom stereocenters. The third-order valence-corrected chi connectivity index (χ3v) is 3.95. The fourth-order valence-electron chi connectivity index (χ4n) is 2.52. The fourth-order valence-corrected chi connectivity index (χ4v) is 2.52. The predicted octanol–water partition coefficient (Wildman–Crippen LogP) is 3.26. The van der Waals surface area contributed by atoms with Crippen molar-refractivity contribution in [3.8, 4) is 0 Å². The maximum atomic E-state index is 13.6. The fraction of sp³-hybridized carbons (Fsp3) is 0.400. The van der Waals surface area contributed by atoms with Gasteiger partial charge in [-0.25, -0.2) is 4.39 Å². The number of carbonyl (C=O) groups is 1. The van der Waals surface area contributed by atoms with E-state index in [-0.39, 0.29) is 35.7 Å². The summed E-state index contributed by atoms with van der Waals surface area (Å²) in [7, 11) is 0. The zero-order chi connectivity index (χ0) is 19.5. The molecule has 1 aromatic carbocycles. The lowest BCUT2D eigenvalue weighted by Crippen LogP contribution is -2.38. The summed E-state index contributed by atoms with van der Waals surface area (Å²) in [5.74, 6) is 0.629. The Balaban J connectivity index is 0.00000392. The zero-order valence-electron chi connectivity index (χ0n) is 16.3. The summed E-state index contributed by atoms with van der Waals surface area (Å²) in [6.45, 7) is 6.21. The number of halogens is 2. The molecule has 2 rings (SSSR count). The van der Waals surface area contributed by atoms with E-state index in [0.717, 1.165) is 12.1 Å². The Morgan fingerprint density at radius 3 is 2.61 bits per heavy atom. The van der Waals surface area contributed by atoms with E-state index in [4.69, 9.17) is 4.42 Å². The van der Waals surface area contributed by atoms with Gasteiger partial charge in [0, 0.05) is 31.7 Å². The van der Waals surface area contributed by atoms with Crippen molar-refractivity contribution in [2.75, 3.05) is 26.2 Å². The summed E-state index contributed by atoms with van der Waals surface area (Å²) in [5.41, 5.74) is 1.50. The molecule has 1 heterocycles. The number of amides is 1. The van der Waals surface area contributed by atoms with Gasteiger partial charge in [-0.05, 0) is 44.4 Å². The van der Waals surface area contributed by atoms with Gasteiger partial charge in [0.1, 0.15) is 5.82 Å². The van der Waals surface area contributed by atoms with Gasteiger partial charge in [-0.3, -0.25) is 9.79 Å². The Labute approximate surface area is 182 Å². The second kappa shape index (κ2) is 13.1. The van der Waals surface area contributed by atoms with Gasteiger partial charge >= 0.3 is 0 Å². The molecule has 0 saturated carbocycles. The van der Waals surface area contributed by atoms with E-state index in [1.165, 1.54) is 12.3 Å². The number of aliphatic imine (C=N–C) groups is 1. The summed E-state index contributed by atoms with van der Waals surface area (Å²) < 4.78 is 18.8. The van der Waals surface area contributed by atoms with Crippen LogP contribution in [0.4, 0.5) is 4.39 Å². The molecule has 0 fully saturated rings. The Morgan fingerprint density at radius 1 is 1.14 bits per heavy atom. The average molecular weight is 502 g/mol. The minimum atomic E-state index is -0.212. The van der Waals surface area contributed by atoms with Gasteiger partial charge in [0.25, 0.3) is 5.91 Å². The smallest absolute Gasteiger partial charge is 0.287 e. The molecule has 0 saturated heterocycles. The van der Waals surface area contributed by atoms with Crippen molar-refractivity contribution in [1.82, 2.24) is 16.0 Å². The van der Waals surface area contributed by atoms with E-state index >= 15 is 0 Å². The van der Waals surface area contributed by atoms with Crippen LogP contribution in [0.25, 0.3) is 0 Å². The topological polar surface area (TPSA) is 78.7 Å². The van der Waals surface area contributed by atoms with Gasteiger partial charge in [-0.2, -0.15) is 0 Å². The summed E-state index contributed by atoms with van der Waals surface area (Å²) in [5, 5.41) is 9.17. The van der Waals surface area contributed by atoms with Crippen LogP contribution in [-0.2, 0) is 6.42 Å². The van der Waals surface area contributed by atoms with E-state index in [0.29, 0.717) is 49.8 Å². The van der Waals surface area contributed by atoms with E-state index in [1.54, 1.807) is 18.2 Å². The molecule has 0 aliphatic carbocycles. The molecule has 0 radical (unpaired) electrons. The van der Waals surface area contributed by atoms with Crippen LogP contribution in [0.1, 0.15) is 35.0 Å². The zero-order valence-corrected chi connectivity index (χ0v) is 18.6. The summed E-state index contributed by atoms with van der Waals surface area (Å²) in [6.07, 6.45) is 2.79. The van der Waals surface area contributed by atoms with Crippen molar-refractivity contribution < 1.29 is 13.6 Å². The molecule has 28 heavy (non-hydrogen) atoms. The van der Waals surface area contributed by atoms with Crippen LogP contribution >= 0.6 is 24.0 Å². The molecule has 3 N–H and O–H groups in total. The number of guanidine groups is 1. The highest BCUT2D eigenvalue weighted by Gasteiger charge is 2.11. The minimum Gasteiger partial charge on any atom is -0.459 e. The highest BCUT2D eigenvalue weighted by molar-refractivity contribution is 14.0. The van der Waals surface area contributed by atoms with Crippen molar-refractivity contribution in [1.29, 1.82) is 0 Å². The predicted molar refractivity (Wildman–Crippen MR) is 120 cm³/mol. The maximum absolute atomic E-state index is 13.6. The van der Waals surface area contributed by atoms with Gasteiger partial charge in [0.2, 0.25) is 0 Å². The Kier molecular flexibility index (Phi) is 11.2. The summed E-state index contributed by atoms with van der Waals surface area (Å²) >= 11 is 0. The third kappa shape index (κ3) is 7.87. The molecule has 0 unspecified atom stereocenters. The first-order valence-corrected chi connectivity index (χ1v) is 9.19. The maximum Gasteiger partial charge on any atom is 0.287 e. The number of aryl methyl sites for hydroxylation is 1. The lowest BCUT2D eigenvalue weighted by Gasteiger charge is -2.11. The number of carbonyl (C=O) groups excluding carboxylic acids is 1. The monoisotopic (exact) mass is 502 g/mol. The number of benzene rings is 1. The first-order chi connectivity index (χ1) is 13.1. The molecule has 1 aromatic heterocycles.